The van der Waals surface area contributed by atoms with Gasteiger partial charge in [0.1, 0.15) is 5.82 Å². The van der Waals surface area contributed by atoms with Gasteiger partial charge in [-0.15, -0.1) is 0 Å². The predicted molar refractivity (Wildman–Crippen MR) is 59.2 cm³/mol. The molecule has 1 aromatic rings. The van der Waals surface area contributed by atoms with Crippen molar-refractivity contribution in [2.45, 2.75) is 19.0 Å². The molecule has 6 nitrogen and oxygen atoms in total. The molecule has 1 saturated heterocycles. The Morgan fingerprint density at radius 1 is 1.33 bits per heavy atom. The van der Waals surface area contributed by atoms with Gasteiger partial charge < -0.3 is 0 Å². The van der Waals surface area contributed by atoms with Crippen molar-refractivity contribution in [1.82, 2.24) is 5.32 Å². The quantitative estimate of drug-likeness (QED) is 0.744. The van der Waals surface area contributed by atoms with E-state index in [1.165, 1.54) is 6.07 Å². The van der Waals surface area contributed by atoms with Crippen LogP contribution in [0.1, 0.15) is 5.56 Å². The number of imide groups is 1. The van der Waals surface area contributed by atoms with Gasteiger partial charge in [0, 0.05) is 0 Å². The zero-order chi connectivity index (χ0) is 12.9. The number of benzene rings is 1. The number of carbonyl (C=O) groups is 2. The lowest BCUT2D eigenvalue weighted by Gasteiger charge is -2.19. The maximum atomic E-state index is 13.7. The van der Waals surface area contributed by atoms with Gasteiger partial charge in [0.05, 0.1) is 5.69 Å². The van der Waals surface area contributed by atoms with E-state index in [1.807, 2.05) is 0 Å². The normalized spacial score (nSPS) is 25.6. The fourth-order valence-electron chi connectivity index (χ4n) is 2.08. The second-order valence-corrected chi connectivity index (χ2v) is 4.25. The molecule has 2 heterocycles. The number of rotatable bonds is 1. The van der Waals surface area contributed by atoms with Gasteiger partial charge in [-0.2, -0.15) is 5.11 Å². The molecule has 1 fully saturated rings. The molecule has 2 atom stereocenters. The number of halogens is 1. The maximum Gasteiger partial charge on any atom is 0.256 e. The minimum atomic E-state index is -0.881. The lowest BCUT2D eigenvalue weighted by atomic mass is 10.1. The van der Waals surface area contributed by atoms with Crippen LogP contribution in [-0.2, 0) is 9.59 Å². The van der Waals surface area contributed by atoms with Crippen molar-refractivity contribution in [3.05, 3.63) is 29.6 Å². The Morgan fingerprint density at radius 3 is 2.89 bits per heavy atom. The van der Waals surface area contributed by atoms with E-state index in [-0.39, 0.29) is 5.69 Å². The van der Waals surface area contributed by atoms with Crippen LogP contribution in [0.5, 0.6) is 0 Å². The van der Waals surface area contributed by atoms with Gasteiger partial charge in [0.2, 0.25) is 0 Å². The van der Waals surface area contributed by atoms with Crippen LogP contribution in [0.25, 0.3) is 0 Å². The molecule has 0 aromatic heterocycles. The average Bonchev–Trinajstić information content (AvgIpc) is 2.86. The molecular weight excluding hydrogens is 239 g/mol. The summed E-state index contributed by atoms with van der Waals surface area (Å²) in [5.41, 5.74) is 0.978. The number of amides is 2. The first-order valence-electron chi connectivity index (χ1n) is 5.39. The molecule has 92 valence electrons. The molecule has 0 spiro atoms. The highest BCUT2D eigenvalue weighted by atomic mass is 19.1. The highest BCUT2D eigenvalue weighted by Gasteiger charge is 2.50. The van der Waals surface area contributed by atoms with E-state index in [2.05, 4.69) is 15.7 Å². The summed E-state index contributed by atoms with van der Waals surface area (Å²) in [6, 6.07) is 2.71. The first-order valence-corrected chi connectivity index (χ1v) is 5.39. The second kappa shape index (κ2) is 3.59. The molecule has 2 aliphatic heterocycles. The third-order valence-electron chi connectivity index (χ3n) is 2.97. The van der Waals surface area contributed by atoms with Crippen LogP contribution in [0.2, 0.25) is 0 Å². The average molecular weight is 248 g/mol. The largest absolute Gasteiger partial charge is 0.292 e. The van der Waals surface area contributed by atoms with Gasteiger partial charge >= 0.3 is 0 Å². The Balaban J connectivity index is 2.04. The highest BCUT2D eigenvalue weighted by molar-refractivity contribution is 6.11. The first-order chi connectivity index (χ1) is 8.58. The standard InChI is InChI=1S/C11H9FN4O2/c1-5-2-3-6(12)7(4-5)16-9-8(14-15-16)10(17)13-11(9)18/h2-4,8-9H,1H3,(H,13,17,18). The van der Waals surface area contributed by atoms with Crippen molar-refractivity contribution >= 4 is 17.5 Å². The molecule has 2 aliphatic rings. The maximum absolute atomic E-state index is 13.7. The Kier molecular flexibility index (Phi) is 2.16. The molecule has 1 aromatic carbocycles. The zero-order valence-electron chi connectivity index (χ0n) is 9.42. The van der Waals surface area contributed by atoms with Gasteiger partial charge in [-0.25, -0.2) is 9.40 Å². The molecule has 0 bridgehead atoms. The lowest BCUT2D eigenvalue weighted by Crippen LogP contribution is -2.39. The number of hydrogen-bond donors (Lipinski definition) is 1. The molecule has 0 radical (unpaired) electrons. The van der Waals surface area contributed by atoms with Crippen LogP contribution in [0, 0.1) is 12.7 Å². The third kappa shape index (κ3) is 1.40. The smallest absolute Gasteiger partial charge is 0.256 e. The molecule has 7 heteroatoms. The molecule has 1 N–H and O–H groups in total. The number of nitrogens with zero attached hydrogens (tertiary/aromatic N) is 3. The molecule has 0 saturated carbocycles. The summed E-state index contributed by atoms with van der Waals surface area (Å²) >= 11 is 0. The van der Waals surface area contributed by atoms with E-state index in [1.54, 1.807) is 19.1 Å². The van der Waals surface area contributed by atoms with Gasteiger partial charge in [0.15, 0.2) is 12.1 Å². The van der Waals surface area contributed by atoms with E-state index in [0.29, 0.717) is 0 Å². The Hall–Kier alpha value is -2.31. The molecule has 2 amide bonds. The van der Waals surface area contributed by atoms with Crippen LogP contribution in [0.15, 0.2) is 28.5 Å². The van der Waals surface area contributed by atoms with Crippen molar-refractivity contribution in [1.29, 1.82) is 0 Å². The van der Waals surface area contributed by atoms with Crippen molar-refractivity contribution < 1.29 is 14.0 Å². The van der Waals surface area contributed by atoms with Gasteiger partial charge in [0.25, 0.3) is 11.8 Å². The van der Waals surface area contributed by atoms with Gasteiger partial charge in [-0.3, -0.25) is 14.9 Å². The van der Waals surface area contributed by atoms with E-state index in [4.69, 9.17) is 0 Å². The Labute approximate surface area is 101 Å². The minimum Gasteiger partial charge on any atom is -0.292 e. The lowest BCUT2D eigenvalue weighted by molar-refractivity contribution is -0.125. The summed E-state index contributed by atoms with van der Waals surface area (Å²) in [4.78, 5) is 23.0. The monoisotopic (exact) mass is 248 g/mol. The predicted octanol–water partition coefficient (Wildman–Crippen LogP) is 0.715. The summed E-state index contributed by atoms with van der Waals surface area (Å²) in [7, 11) is 0. The summed E-state index contributed by atoms with van der Waals surface area (Å²) in [5.74, 6) is -1.51. The van der Waals surface area contributed by atoms with E-state index >= 15 is 0 Å². The van der Waals surface area contributed by atoms with Crippen LogP contribution in [0.4, 0.5) is 10.1 Å². The number of fused-ring (bicyclic) bond motifs is 1. The number of hydrogen-bond acceptors (Lipinski definition) is 5. The highest BCUT2D eigenvalue weighted by Crippen LogP contribution is 2.31. The van der Waals surface area contributed by atoms with Crippen LogP contribution >= 0.6 is 0 Å². The molecule has 0 aliphatic carbocycles. The number of aryl methyl sites for hydroxylation is 1. The van der Waals surface area contributed by atoms with E-state index in [0.717, 1.165) is 10.6 Å². The van der Waals surface area contributed by atoms with Crippen molar-refractivity contribution in [3.8, 4) is 0 Å². The summed E-state index contributed by atoms with van der Waals surface area (Å²) in [5, 5.41) is 10.8. The van der Waals surface area contributed by atoms with Crippen molar-refractivity contribution in [3.63, 3.8) is 0 Å². The molecule has 18 heavy (non-hydrogen) atoms. The zero-order valence-corrected chi connectivity index (χ0v) is 9.42. The Morgan fingerprint density at radius 2 is 2.11 bits per heavy atom. The van der Waals surface area contributed by atoms with Gasteiger partial charge in [-0.05, 0) is 24.6 Å². The Bertz CT molecular complexity index is 586. The molecule has 3 rings (SSSR count). The van der Waals surface area contributed by atoms with E-state index < -0.39 is 29.7 Å². The topological polar surface area (TPSA) is 74.1 Å². The fraction of sp³-hybridized carbons (Fsp3) is 0.273. The van der Waals surface area contributed by atoms with Gasteiger partial charge in [-0.1, -0.05) is 11.3 Å². The van der Waals surface area contributed by atoms with Crippen LogP contribution in [-0.4, -0.2) is 23.9 Å². The van der Waals surface area contributed by atoms with Crippen molar-refractivity contribution in [2.24, 2.45) is 10.3 Å². The third-order valence-corrected chi connectivity index (χ3v) is 2.97. The van der Waals surface area contributed by atoms with Crippen molar-refractivity contribution in [2.75, 3.05) is 5.01 Å². The number of carbonyl (C=O) groups excluding carboxylic acids is 2. The molecular formula is C11H9FN4O2. The molecule has 2 unspecified atom stereocenters. The summed E-state index contributed by atoms with van der Waals surface area (Å²) in [6.07, 6.45) is 0. The number of nitrogens with one attached hydrogen (secondary N) is 1. The summed E-state index contributed by atoms with van der Waals surface area (Å²) < 4.78 is 13.7. The fourth-order valence-corrected chi connectivity index (χ4v) is 2.08. The number of anilines is 1. The van der Waals surface area contributed by atoms with E-state index in [9.17, 15) is 14.0 Å². The second-order valence-electron chi connectivity index (χ2n) is 4.25. The van der Waals surface area contributed by atoms with Crippen LogP contribution in [0.3, 0.4) is 0 Å². The van der Waals surface area contributed by atoms with Crippen LogP contribution < -0.4 is 10.3 Å². The SMILES string of the molecule is Cc1ccc(F)c(N2N=NC3C(=O)NC(=O)C32)c1. The minimum absolute atomic E-state index is 0.149. The summed E-state index contributed by atoms with van der Waals surface area (Å²) in [6.45, 7) is 1.80. The first kappa shape index (κ1) is 10.8.